The first-order valence-electron chi connectivity index (χ1n) is 5.88. The Labute approximate surface area is 98.8 Å². The van der Waals surface area contributed by atoms with Gasteiger partial charge in [-0.2, -0.15) is 8.78 Å². The SMILES string of the molecule is NC1(C(F)(F)c2cccc(F)c2)CCCCC1. The predicted molar refractivity (Wildman–Crippen MR) is 60.3 cm³/mol. The number of rotatable bonds is 2. The first-order chi connectivity index (χ1) is 7.96. The molecule has 2 rings (SSSR count). The van der Waals surface area contributed by atoms with Gasteiger partial charge in [0.1, 0.15) is 5.82 Å². The quantitative estimate of drug-likeness (QED) is 0.844. The van der Waals surface area contributed by atoms with Crippen molar-refractivity contribution in [3.8, 4) is 0 Å². The molecule has 0 aromatic heterocycles. The van der Waals surface area contributed by atoms with Crippen molar-refractivity contribution in [2.24, 2.45) is 5.73 Å². The van der Waals surface area contributed by atoms with E-state index in [-0.39, 0.29) is 18.4 Å². The standard InChI is InChI=1S/C13H16F3N/c14-11-6-4-5-10(9-11)13(15,16)12(17)7-2-1-3-8-12/h4-6,9H,1-3,7-8,17H2. The van der Waals surface area contributed by atoms with Gasteiger partial charge >= 0.3 is 0 Å². The lowest BCUT2D eigenvalue weighted by molar-refractivity contribution is -0.0956. The van der Waals surface area contributed by atoms with E-state index in [1.165, 1.54) is 12.1 Å². The Balaban J connectivity index is 2.34. The molecule has 1 saturated carbocycles. The molecule has 94 valence electrons. The molecule has 0 radical (unpaired) electrons. The predicted octanol–water partition coefficient (Wildman–Crippen LogP) is 3.58. The average molecular weight is 243 g/mol. The van der Waals surface area contributed by atoms with Crippen molar-refractivity contribution in [2.75, 3.05) is 0 Å². The third-order valence-electron chi connectivity index (χ3n) is 3.56. The molecule has 1 aliphatic rings. The van der Waals surface area contributed by atoms with E-state index in [0.717, 1.165) is 18.6 Å². The van der Waals surface area contributed by atoms with Crippen LogP contribution in [0, 0.1) is 5.82 Å². The molecule has 0 spiro atoms. The Hall–Kier alpha value is -1.03. The van der Waals surface area contributed by atoms with Crippen LogP contribution in [0.25, 0.3) is 0 Å². The Kier molecular flexibility index (Phi) is 3.17. The van der Waals surface area contributed by atoms with Gasteiger partial charge in [0.2, 0.25) is 0 Å². The van der Waals surface area contributed by atoms with Gasteiger partial charge in [-0.15, -0.1) is 0 Å². The van der Waals surface area contributed by atoms with Gasteiger partial charge in [0.05, 0.1) is 5.54 Å². The van der Waals surface area contributed by atoms with E-state index >= 15 is 0 Å². The topological polar surface area (TPSA) is 26.0 Å². The van der Waals surface area contributed by atoms with Crippen LogP contribution < -0.4 is 5.73 Å². The van der Waals surface area contributed by atoms with Gasteiger partial charge in [-0.25, -0.2) is 4.39 Å². The molecule has 0 atom stereocenters. The lowest BCUT2D eigenvalue weighted by atomic mass is 9.75. The van der Waals surface area contributed by atoms with Crippen LogP contribution in [-0.4, -0.2) is 5.54 Å². The first-order valence-corrected chi connectivity index (χ1v) is 5.88. The number of benzene rings is 1. The lowest BCUT2D eigenvalue weighted by Gasteiger charge is -2.40. The van der Waals surface area contributed by atoms with E-state index < -0.39 is 17.3 Å². The maximum Gasteiger partial charge on any atom is 0.290 e. The lowest BCUT2D eigenvalue weighted by Crippen LogP contribution is -2.54. The minimum Gasteiger partial charge on any atom is -0.320 e. The molecule has 1 nitrogen and oxygen atoms in total. The van der Waals surface area contributed by atoms with Crippen LogP contribution in [0.2, 0.25) is 0 Å². The first kappa shape index (κ1) is 12.4. The molecular formula is C13H16F3N. The molecule has 1 aromatic rings. The van der Waals surface area contributed by atoms with Gasteiger partial charge in [0, 0.05) is 5.56 Å². The summed E-state index contributed by atoms with van der Waals surface area (Å²) in [6.07, 6.45) is 2.94. The second kappa shape index (κ2) is 4.33. The fourth-order valence-electron chi connectivity index (χ4n) is 2.47. The fraction of sp³-hybridized carbons (Fsp3) is 0.538. The highest BCUT2D eigenvalue weighted by Gasteiger charge is 2.52. The molecule has 0 saturated heterocycles. The Morgan fingerprint density at radius 2 is 1.76 bits per heavy atom. The summed E-state index contributed by atoms with van der Waals surface area (Å²) >= 11 is 0. The van der Waals surface area contributed by atoms with Crippen molar-refractivity contribution in [1.29, 1.82) is 0 Å². The van der Waals surface area contributed by atoms with Crippen molar-refractivity contribution in [1.82, 2.24) is 0 Å². The summed E-state index contributed by atoms with van der Waals surface area (Å²) in [7, 11) is 0. The second-order valence-electron chi connectivity index (χ2n) is 4.80. The third kappa shape index (κ3) is 2.18. The molecule has 0 heterocycles. The van der Waals surface area contributed by atoms with E-state index in [4.69, 9.17) is 5.73 Å². The summed E-state index contributed by atoms with van der Waals surface area (Å²) in [5.74, 6) is -3.82. The zero-order valence-corrected chi connectivity index (χ0v) is 9.56. The highest BCUT2D eigenvalue weighted by molar-refractivity contribution is 5.25. The maximum atomic E-state index is 14.3. The van der Waals surface area contributed by atoms with Crippen LogP contribution in [0.5, 0.6) is 0 Å². The van der Waals surface area contributed by atoms with Crippen LogP contribution in [0.1, 0.15) is 37.7 Å². The molecule has 0 bridgehead atoms. The second-order valence-corrected chi connectivity index (χ2v) is 4.80. The molecule has 1 aromatic carbocycles. The number of halogens is 3. The summed E-state index contributed by atoms with van der Waals surface area (Å²) in [6, 6.07) is 4.57. The van der Waals surface area contributed by atoms with Gasteiger partial charge < -0.3 is 5.73 Å². The summed E-state index contributed by atoms with van der Waals surface area (Å²) < 4.78 is 41.6. The van der Waals surface area contributed by atoms with Crippen molar-refractivity contribution in [2.45, 2.75) is 43.6 Å². The molecular weight excluding hydrogens is 227 g/mol. The zero-order valence-electron chi connectivity index (χ0n) is 9.56. The normalized spacial score (nSPS) is 20.2. The zero-order chi connectivity index (χ0) is 12.5. The van der Waals surface area contributed by atoms with Crippen LogP contribution >= 0.6 is 0 Å². The smallest absolute Gasteiger partial charge is 0.290 e. The molecule has 0 unspecified atom stereocenters. The Morgan fingerprint density at radius 3 is 2.35 bits per heavy atom. The molecule has 0 aliphatic heterocycles. The van der Waals surface area contributed by atoms with E-state index in [2.05, 4.69) is 0 Å². The van der Waals surface area contributed by atoms with Crippen molar-refractivity contribution < 1.29 is 13.2 Å². The maximum absolute atomic E-state index is 14.3. The summed E-state index contributed by atoms with van der Waals surface area (Å²) in [4.78, 5) is 0. The number of hydrogen-bond donors (Lipinski definition) is 1. The summed E-state index contributed by atoms with van der Waals surface area (Å²) in [5, 5.41) is 0. The van der Waals surface area contributed by atoms with Crippen molar-refractivity contribution in [3.63, 3.8) is 0 Å². The van der Waals surface area contributed by atoms with Crippen LogP contribution in [0.3, 0.4) is 0 Å². The van der Waals surface area contributed by atoms with E-state index in [0.29, 0.717) is 12.8 Å². The molecule has 1 fully saturated rings. The summed E-state index contributed by atoms with van der Waals surface area (Å²) in [5.41, 5.74) is 4.00. The van der Waals surface area contributed by atoms with E-state index in [9.17, 15) is 13.2 Å². The largest absolute Gasteiger partial charge is 0.320 e. The average Bonchev–Trinajstić information content (AvgIpc) is 2.30. The van der Waals surface area contributed by atoms with Gasteiger partial charge in [-0.05, 0) is 25.0 Å². The molecule has 17 heavy (non-hydrogen) atoms. The Bertz CT molecular complexity index is 397. The Morgan fingerprint density at radius 1 is 1.12 bits per heavy atom. The minimum atomic E-state index is -3.17. The van der Waals surface area contributed by atoms with Gasteiger partial charge in [-0.1, -0.05) is 31.4 Å². The van der Waals surface area contributed by atoms with E-state index in [1.54, 1.807) is 0 Å². The van der Waals surface area contributed by atoms with Crippen LogP contribution in [0.4, 0.5) is 13.2 Å². The molecule has 2 N–H and O–H groups in total. The number of hydrogen-bond acceptors (Lipinski definition) is 1. The van der Waals surface area contributed by atoms with Gasteiger partial charge in [0.15, 0.2) is 0 Å². The third-order valence-corrected chi connectivity index (χ3v) is 3.56. The van der Waals surface area contributed by atoms with Crippen molar-refractivity contribution in [3.05, 3.63) is 35.6 Å². The molecule has 1 aliphatic carbocycles. The monoisotopic (exact) mass is 243 g/mol. The molecule has 0 amide bonds. The van der Waals surface area contributed by atoms with Gasteiger partial charge in [0.25, 0.3) is 5.92 Å². The highest BCUT2D eigenvalue weighted by Crippen LogP contribution is 2.45. The minimum absolute atomic E-state index is 0.288. The summed E-state index contributed by atoms with van der Waals surface area (Å²) in [6.45, 7) is 0. The fourth-order valence-corrected chi connectivity index (χ4v) is 2.47. The van der Waals surface area contributed by atoms with Gasteiger partial charge in [-0.3, -0.25) is 0 Å². The number of alkyl halides is 2. The van der Waals surface area contributed by atoms with Crippen molar-refractivity contribution >= 4 is 0 Å². The van der Waals surface area contributed by atoms with Crippen LogP contribution in [0.15, 0.2) is 24.3 Å². The molecule has 4 heteroatoms. The van der Waals surface area contributed by atoms with Crippen LogP contribution in [-0.2, 0) is 5.92 Å². The van der Waals surface area contributed by atoms with E-state index in [1.807, 2.05) is 0 Å². The highest BCUT2D eigenvalue weighted by atomic mass is 19.3. The number of nitrogens with two attached hydrogens (primary N) is 1.